The van der Waals surface area contributed by atoms with Crippen LogP contribution in [0, 0.1) is 0 Å². The maximum atomic E-state index is 3.64. The summed E-state index contributed by atoms with van der Waals surface area (Å²) in [6, 6.07) is 1.63. The Bertz CT molecular complexity index is 342. The van der Waals surface area contributed by atoms with Crippen LogP contribution in [0.25, 0.3) is 0 Å². The van der Waals surface area contributed by atoms with E-state index in [0.717, 1.165) is 12.1 Å². The molecule has 2 saturated heterocycles. The Hall–Kier alpha value is -0.120. The zero-order valence-corrected chi connectivity index (χ0v) is 19.4. The lowest BCUT2D eigenvalue weighted by Crippen LogP contribution is -2.46. The van der Waals surface area contributed by atoms with Gasteiger partial charge in [0.2, 0.25) is 0 Å². The van der Waals surface area contributed by atoms with Crippen LogP contribution in [0.5, 0.6) is 0 Å². The van der Waals surface area contributed by atoms with Gasteiger partial charge in [-0.15, -0.1) is 0 Å². The number of unbranched alkanes of at least 4 members (excludes halogenated alkanes) is 12. The van der Waals surface area contributed by atoms with E-state index in [4.69, 9.17) is 0 Å². The predicted octanol–water partition coefficient (Wildman–Crippen LogP) is 5.84. The SMILES string of the molecule is CCCCCCCCCN(CCCCCCCCC)CCN1CC2CC1CN2. The molecule has 0 aromatic rings. The molecule has 0 amide bonds. The summed E-state index contributed by atoms with van der Waals surface area (Å²) in [5.41, 5.74) is 0. The highest BCUT2D eigenvalue weighted by molar-refractivity contribution is 4.97. The molecule has 0 radical (unpaired) electrons. The van der Waals surface area contributed by atoms with Gasteiger partial charge in [-0.05, 0) is 32.4 Å². The lowest BCUT2D eigenvalue weighted by molar-refractivity contribution is 0.175. The number of fused-ring (bicyclic) bond motifs is 2. The first-order valence-electron chi connectivity index (χ1n) is 13.0. The van der Waals surface area contributed by atoms with Gasteiger partial charge in [-0.25, -0.2) is 0 Å². The molecule has 0 aromatic carbocycles. The highest BCUT2D eigenvalue weighted by Gasteiger charge is 2.37. The third kappa shape index (κ3) is 10.1. The summed E-state index contributed by atoms with van der Waals surface area (Å²) in [5, 5.41) is 3.64. The number of rotatable bonds is 19. The second kappa shape index (κ2) is 15.7. The molecule has 0 spiro atoms. The molecule has 3 nitrogen and oxygen atoms in total. The molecule has 2 aliphatic heterocycles. The summed E-state index contributed by atoms with van der Waals surface area (Å²) in [6.07, 6.45) is 21.4. The molecule has 2 unspecified atom stereocenters. The largest absolute Gasteiger partial charge is 0.311 e. The number of piperazine rings is 1. The van der Waals surface area contributed by atoms with Crippen LogP contribution < -0.4 is 5.32 Å². The fourth-order valence-corrected chi connectivity index (χ4v) is 5.11. The first-order valence-corrected chi connectivity index (χ1v) is 13.0. The Kier molecular flexibility index (Phi) is 13.5. The van der Waals surface area contributed by atoms with E-state index in [0.29, 0.717) is 0 Å². The summed E-state index contributed by atoms with van der Waals surface area (Å²) in [5.74, 6) is 0. The van der Waals surface area contributed by atoms with Gasteiger partial charge in [-0.1, -0.05) is 90.9 Å². The molecule has 3 heteroatoms. The van der Waals surface area contributed by atoms with Crippen molar-refractivity contribution in [2.24, 2.45) is 0 Å². The van der Waals surface area contributed by atoms with E-state index in [1.54, 1.807) is 0 Å². The van der Waals surface area contributed by atoms with Crippen LogP contribution in [0.4, 0.5) is 0 Å². The average molecular weight is 394 g/mol. The molecule has 166 valence electrons. The van der Waals surface area contributed by atoms with E-state index < -0.39 is 0 Å². The number of nitrogens with one attached hydrogen (secondary N) is 1. The van der Waals surface area contributed by atoms with E-state index in [2.05, 4.69) is 29.0 Å². The number of hydrogen-bond donors (Lipinski definition) is 1. The molecular weight excluding hydrogens is 342 g/mol. The lowest BCUT2D eigenvalue weighted by atomic mass is 10.1. The summed E-state index contributed by atoms with van der Waals surface area (Å²) < 4.78 is 0. The zero-order chi connectivity index (χ0) is 19.9. The van der Waals surface area contributed by atoms with Gasteiger partial charge >= 0.3 is 0 Å². The Labute approximate surface area is 177 Å². The second-order valence-corrected chi connectivity index (χ2v) is 9.57. The lowest BCUT2D eigenvalue weighted by Gasteiger charge is -2.30. The third-order valence-electron chi connectivity index (χ3n) is 7.03. The number of nitrogens with zero attached hydrogens (tertiary/aromatic N) is 2. The fourth-order valence-electron chi connectivity index (χ4n) is 5.11. The maximum absolute atomic E-state index is 3.64. The van der Waals surface area contributed by atoms with E-state index in [-0.39, 0.29) is 0 Å². The smallest absolute Gasteiger partial charge is 0.0237 e. The molecule has 2 fully saturated rings. The number of hydrogen-bond acceptors (Lipinski definition) is 3. The van der Waals surface area contributed by atoms with Gasteiger partial charge in [0.1, 0.15) is 0 Å². The topological polar surface area (TPSA) is 18.5 Å². The molecule has 1 N–H and O–H groups in total. The van der Waals surface area contributed by atoms with Crippen molar-refractivity contribution in [1.29, 1.82) is 0 Å². The molecule has 2 heterocycles. The van der Waals surface area contributed by atoms with Crippen LogP contribution in [0.15, 0.2) is 0 Å². The molecule has 0 aromatic heterocycles. The summed E-state index contributed by atoms with van der Waals surface area (Å²) in [6.45, 7) is 12.4. The highest BCUT2D eigenvalue weighted by atomic mass is 15.3. The van der Waals surface area contributed by atoms with Gasteiger partial charge in [0.25, 0.3) is 0 Å². The van der Waals surface area contributed by atoms with Crippen molar-refractivity contribution in [3.8, 4) is 0 Å². The van der Waals surface area contributed by atoms with Gasteiger partial charge in [0, 0.05) is 38.3 Å². The Balaban J connectivity index is 1.57. The van der Waals surface area contributed by atoms with E-state index >= 15 is 0 Å². The van der Waals surface area contributed by atoms with Crippen LogP contribution >= 0.6 is 0 Å². The molecule has 28 heavy (non-hydrogen) atoms. The van der Waals surface area contributed by atoms with Crippen molar-refractivity contribution in [1.82, 2.24) is 15.1 Å². The quantitative estimate of drug-likeness (QED) is 0.278. The molecule has 0 saturated carbocycles. The van der Waals surface area contributed by atoms with E-state index in [1.807, 2.05) is 0 Å². The minimum atomic E-state index is 0.796. The third-order valence-corrected chi connectivity index (χ3v) is 7.03. The van der Waals surface area contributed by atoms with Gasteiger partial charge in [0.05, 0.1) is 0 Å². The Morgan fingerprint density at radius 3 is 1.71 bits per heavy atom. The molecular formula is C25H51N3. The minimum Gasteiger partial charge on any atom is -0.311 e. The monoisotopic (exact) mass is 393 g/mol. The normalized spacial score (nSPS) is 22.0. The predicted molar refractivity (Wildman–Crippen MR) is 124 cm³/mol. The first kappa shape index (κ1) is 24.2. The van der Waals surface area contributed by atoms with Crippen LogP contribution in [-0.2, 0) is 0 Å². The fraction of sp³-hybridized carbons (Fsp3) is 1.00. The van der Waals surface area contributed by atoms with Crippen molar-refractivity contribution in [3.63, 3.8) is 0 Å². The summed E-state index contributed by atoms with van der Waals surface area (Å²) >= 11 is 0. The van der Waals surface area contributed by atoms with Crippen molar-refractivity contribution < 1.29 is 0 Å². The summed E-state index contributed by atoms with van der Waals surface area (Å²) in [4.78, 5) is 5.57. The minimum absolute atomic E-state index is 0.796. The Morgan fingerprint density at radius 1 is 0.714 bits per heavy atom. The van der Waals surface area contributed by atoms with Crippen LogP contribution in [-0.4, -0.2) is 61.2 Å². The van der Waals surface area contributed by atoms with E-state index in [1.165, 1.54) is 136 Å². The van der Waals surface area contributed by atoms with Gasteiger partial charge in [-0.3, -0.25) is 4.90 Å². The molecule has 2 bridgehead atoms. The highest BCUT2D eigenvalue weighted by Crippen LogP contribution is 2.22. The van der Waals surface area contributed by atoms with Crippen molar-refractivity contribution in [3.05, 3.63) is 0 Å². The standard InChI is InChI=1S/C25H51N3/c1-3-5-7-9-11-13-15-17-27(18-16-14-12-10-8-6-4-2)19-20-28-23-24-21-25(28)22-26-24/h24-26H,3-23H2,1-2H3. The zero-order valence-electron chi connectivity index (χ0n) is 19.4. The van der Waals surface area contributed by atoms with Crippen LogP contribution in [0.2, 0.25) is 0 Å². The van der Waals surface area contributed by atoms with Crippen molar-refractivity contribution >= 4 is 0 Å². The van der Waals surface area contributed by atoms with Gasteiger partial charge in [0.15, 0.2) is 0 Å². The maximum Gasteiger partial charge on any atom is 0.0237 e. The van der Waals surface area contributed by atoms with Gasteiger partial charge < -0.3 is 10.2 Å². The Morgan fingerprint density at radius 2 is 1.25 bits per heavy atom. The van der Waals surface area contributed by atoms with E-state index in [9.17, 15) is 0 Å². The van der Waals surface area contributed by atoms with Gasteiger partial charge in [-0.2, -0.15) is 0 Å². The number of likely N-dealkylation sites (tertiary alicyclic amines) is 1. The average Bonchev–Trinajstić information content (AvgIpc) is 3.33. The van der Waals surface area contributed by atoms with Crippen LogP contribution in [0.3, 0.4) is 0 Å². The molecule has 2 rings (SSSR count). The van der Waals surface area contributed by atoms with Crippen molar-refractivity contribution in [2.75, 3.05) is 39.3 Å². The summed E-state index contributed by atoms with van der Waals surface area (Å²) in [7, 11) is 0. The molecule has 2 atom stereocenters. The van der Waals surface area contributed by atoms with Crippen LogP contribution in [0.1, 0.15) is 110 Å². The second-order valence-electron chi connectivity index (χ2n) is 9.57. The first-order chi connectivity index (χ1) is 13.8. The van der Waals surface area contributed by atoms with Crippen molar-refractivity contribution in [2.45, 2.75) is 122 Å². The molecule has 2 aliphatic rings. The molecule has 0 aliphatic carbocycles.